The molecule has 2 rings (SSSR count). The third-order valence-corrected chi connectivity index (χ3v) is 3.97. The Labute approximate surface area is 141 Å². The van der Waals surface area contributed by atoms with Crippen molar-refractivity contribution in [3.05, 3.63) is 69.7 Å². The van der Waals surface area contributed by atoms with Crippen LogP contribution in [0.3, 0.4) is 0 Å². The molecule has 0 bridgehead atoms. The van der Waals surface area contributed by atoms with Crippen LogP contribution < -0.4 is 10.1 Å². The van der Waals surface area contributed by atoms with Gasteiger partial charge < -0.3 is 10.1 Å². The highest BCUT2D eigenvalue weighted by atomic mass is 35.5. The van der Waals surface area contributed by atoms with Crippen LogP contribution in [0.1, 0.15) is 16.7 Å². The average Bonchev–Trinajstić information content (AvgIpc) is 2.48. The van der Waals surface area contributed by atoms with Crippen molar-refractivity contribution in [2.75, 3.05) is 11.9 Å². The summed E-state index contributed by atoms with van der Waals surface area (Å²) in [6, 6.07) is 10.0. The Hall–Kier alpha value is -1.64. The maximum Gasteiger partial charge on any atom is 0.156 e. The van der Waals surface area contributed by atoms with E-state index in [1.807, 2.05) is 12.1 Å². The molecule has 0 spiro atoms. The number of hydrogen-bond donors (Lipinski definition) is 1. The Kier molecular flexibility index (Phi) is 5.76. The number of rotatable bonds is 6. The fourth-order valence-corrected chi connectivity index (χ4v) is 2.69. The number of benzene rings is 2. The predicted molar refractivity (Wildman–Crippen MR) is 95.4 cm³/mol. The second-order valence-corrected chi connectivity index (χ2v) is 5.96. The van der Waals surface area contributed by atoms with Gasteiger partial charge in [0.25, 0.3) is 0 Å². The van der Waals surface area contributed by atoms with E-state index in [9.17, 15) is 0 Å². The second kappa shape index (κ2) is 7.57. The zero-order chi connectivity index (χ0) is 16.1. The molecule has 0 fully saturated rings. The summed E-state index contributed by atoms with van der Waals surface area (Å²) in [4.78, 5) is 0. The summed E-state index contributed by atoms with van der Waals surface area (Å²) < 4.78 is 5.46. The van der Waals surface area contributed by atoms with Gasteiger partial charge in [-0.25, -0.2) is 0 Å². The van der Waals surface area contributed by atoms with Crippen molar-refractivity contribution in [1.82, 2.24) is 0 Å². The molecule has 0 unspecified atom stereocenters. The minimum absolute atomic E-state index is 0.375. The first-order chi connectivity index (χ1) is 10.5. The summed E-state index contributed by atoms with van der Waals surface area (Å²) in [5, 5.41) is 4.38. The summed E-state index contributed by atoms with van der Waals surface area (Å²) >= 11 is 12.5. The van der Waals surface area contributed by atoms with Crippen molar-refractivity contribution in [3.63, 3.8) is 0 Å². The molecule has 0 saturated heterocycles. The van der Waals surface area contributed by atoms with Crippen LogP contribution in [0.5, 0.6) is 5.75 Å². The van der Waals surface area contributed by atoms with Gasteiger partial charge in [0.15, 0.2) is 5.75 Å². The molecule has 4 heteroatoms. The smallest absolute Gasteiger partial charge is 0.156 e. The Morgan fingerprint density at radius 2 is 1.77 bits per heavy atom. The molecule has 0 radical (unpaired) electrons. The van der Waals surface area contributed by atoms with Crippen LogP contribution in [0.4, 0.5) is 5.69 Å². The monoisotopic (exact) mass is 335 g/mol. The molecule has 2 aromatic carbocycles. The van der Waals surface area contributed by atoms with Crippen LogP contribution >= 0.6 is 23.2 Å². The number of ether oxygens (including phenoxy) is 1. The van der Waals surface area contributed by atoms with Gasteiger partial charge in [-0.2, -0.15) is 0 Å². The summed E-state index contributed by atoms with van der Waals surface area (Å²) in [6.45, 7) is 8.82. The molecule has 0 saturated carbocycles. The topological polar surface area (TPSA) is 21.3 Å². The van der Waals surface area contributed by atoms with Gasteiger partial charge >= 0.3 is 0 Å². The highest BCUT2D eigenvalue weighted by molar-refractivity contribution is 6.37. The van der Waals surface area contributed by atoms with E-state index < -0.39 is 0 Å². The molecule has 1 N–H and O–H groups in total. The van der Waals surface area contributed by atoms with Gasteiger partial charge in [-0.3, -0.25) is 0 Å². The molecular weight excluding hydrogens is 317 g/mol. The summed E-state index contributed by atoms with van der Waals surface area (Å²) in [5.41, 5.74) is 4.61. The van der Waals surface area contributed by atoms with Gasteiger partial charge in [-0.1, -0.05) is 41.9 Å². The van der Waals surface area contributed by atoms with E-state index in [4.69, 9.17) is 27.9 Å². The molecule has 0 heterocycles. The van der Waals surface area contributed by atoms with Crippen LogP contribution in [0.2, 0.25) is 10.0 Å². The van der Waals surface area contributed by atoms with Crippen molar-refractivity contribution >= 4 is 28.9 Å². The molecule has 22 heavy (non-hydrogen) atoms. The summed E-state index contributed by atoms with van der Waals surface area (Å²) in [7, 11) is 0. The van der Waals surface area contributed by atoms with Gasteiger partial charge in [-0.15, -0.1) is 0 Å². The first-order valence-corrected chi connectivity index (χ1v) is 7.79. The molecular formula is C18H19Cl2NO. The van der Waals surface area contributed by atoms with E-state index >= 15 is 0 Å². The molecule has 116 valence electrons. The van der Waals surface area contributed by atoms with Crippen LogP contribution in [0.25, 0.3) is 0 Å². The number of anilines is 1. The standard InChI is InChI=1S/C18H19Cl2NO/c1-4-7-22-18-16(19)9-14(10-17(18)20)11-21-15-6-5-12(2)13(3)8-15/h4-6,8-10,21H,1,7,11H2,2-3H3. The van der Waals surface area contributed by atoms with Crippen LogP contribution in [0, 0.1) is 13.8 Å². The van der Waals surface area contributed by atoms with E-state index in [-0.39, 0.29) is 0 Å². The first-order valence-electron chi connectivity index (χ1n) is 7.04. The van der Waals surface area contributed by atoms with Gasteiger partial charge in [0, 0.05) is 12.2 Å². The van der Waals surface area contributed by atoms with Crippen molar-refractivity contribution < 1.29 is 4.74 Å². The maximum absolute atomic E-state index is 6.23. The lowest BCUT2D eigenvalue weighted by atomic mass is 10.1. The Morgan fingerprint density at radius 1 is 1.09 bits per heavy atom. The van der Waals surface area contributed by atoms with Gasteiger partial charge in [0.2, 0.25) is 0 Å². The average molecular weight is 336 g/mol. The first kappa shape index (κ1) is 16.7. The molecule has 0 aromatic heterocycles. The van der Waals surface area contributed by atoms with Gasteiger partial charge in [0.1, 0.15) is 6.61 Å². The highest BCUT2D eigenvalue weighted by Gasteiger charge is 2.09. The Balaban J connectivity index is 2.09. The van der Waals surface area contributed by atoms with Gasteiger partial charge in [-0.05, 0) is 54.8 Å². The molecule has 0 amide bonds. The normalized spacial score (nSPS) is 10.4. The SMILES string of the molecule is C=CCOc1c(Cl)cc(CNc2ccc(C)c(C)c2)cc1Cl. The zero-order valence-electron chi connectivity index (χ0n) is 12.7. The van der Waals surface area contributed by atoms with E-state index in [1.165, 1.54) is 11.1 Å². The minimum Gasteiger partial charge on any atom is -0.486 e. The van der Waals surface area contributed by atoms with E-state index in [0.29, 0.717) is 28.9 Å². The lowest BCUT2D eigenvalue weighted by Crippen LogP contribution is -2.01. The van der Waals surface area contributed by atoms with Gasteiger partial charge in [0.05, 0.1) is 10.0 Å². The number of halogens is 2. The molecule has 2 nitrogen and oxygen atoms in total. The molecule has 0 aliphatic rings. The Bertz CT molecular complexity index is 660. The summed E-state index contributed by atoms with van der Waals surface area (Å²) in [6.07, 6.45) is 1.65. The maximum atomic E-state index is 6.23. The lowest BCUT2D eigenvalue weighted by molar-refractivity contribution is 0.363. The molecule has 0 aliphatic heterocycles. The number of hydrogen-bond acceptors (Lipinski definition) is 2. The highest BCUT2D eigenvalue weighted by Crippen LogP contribution is 2.34. The van der Waals surface area contributed by atoms with E-state index in [1.54, 1.807) is 6.08 Å². The van der Waals surface area contributed by atoms with Crippen LogP contribution in [0.15, 0.2) is 43.0 Å². The fourth-order valence-electron chi connectivity index (χ4n) is 2.05. The fraction of sp³-hybridized carbons (Fsp3) is 0.222. The lowest BCUT2D eigenvalue weighted by Gasteiger charge is -2.12. The van der Waals surface area contributed by atoms with Crippen molar-refractivity contribution in [1.29, 1.82) is 0 Å². The zero-order valence-corrected chi connectivity index (χ0v) is 14.3. The van der Waals surface area contributed by atoms with Crippen molar-refractivity contribution in [2.45, 2.75) is 20.4 Å². The Morgan fingerprint density at radius 3 is 2.36 bits per heavy atom. The summed E-state index contributed by atoms with van der Waals surface area (Å²) in [5.74, 6) is 0.498. The van der Waals surface area contributed by atoms with Crippen LogP contribution in [-0.2, 0) is 6.54 Å². The molecule has 0 atom stereocenters. The third kappa shape index (κ3) is 4.19. The van der Waals surface area contributed by atoms with E-state index in [2.05, 4.69) is 43.9 Å². The quantitative estimate of drug-likeness (QED) is 0.675. The van der Waals surface area contributed by atoms with E-state index in [0.717, 1.165) is 11.3 Å². The molecule has 0 aliphatic carbocycles. The second-order valence-electron chi connectivity index (χ2n) is 5.14. The van der Waals surface area contributed by atoms with Crippen molar-refractivity contribution in [2.24, 2.45) is 0 Å². The predicted octanol–water partition coefficient (Wildman–Crippen LogP) is 5.79. The largest absolute Gasteiger partial charge is 0.486 e. The minimum atomic E-state index is 0.375. The number of aryl methyl sites for hydroxylation is 2. The van der Waals surface area contributed by atoms with Crippen molar-refractivity contribution in [3.8, 4) is 5.75 Å². The number of nitrogens with one attached hydrogen (secondary N) is 1. The third-order valence-electron chi connectivity index (χ3n) is 3.41. The molecule has 2 aromatic rings. The van der Waals surface area contributed by atoms with Crippen LogP contribution in [-0.4, -0.2) is 6.61 Å².